The summed E-state index contributed by atoms with van der Waals surface area (Å²) < 4.78 is 0. The van der Waals surface area contributed by atoms with E-state index in [2.05, 4.69) is 81.5 Å². The van der Waals surface area contributed by atoms with E-state index in [0.717, 1.165) is 6.42 Å². The van der Waals surface area contributed by atoms with Crippen molar-refractivity contribution in [3.05, 3.63) is 88.5 Å². The predicted molar refractivity (Wildman–Crippen MR) is 103 cm³/mol. The fourth-order valence-electron chi connectivity index (χ4n) is 4.65. The number of benzene rings is 2. The van der Waals surface area contributed by atoms with Crippen LogP contribution >= 0.6 is 0 Å². The molecule has 1 unspecified atom stereocenters. The van der Waals surface area contributed by atoms with Crippen molar-refractivity contribution in [3.63, 3.8) is 0 Å². The lowest BCUT2D eigenvalue weighted by molar-refractivity contribution is 0.595. The van der Waals surface area contributed by atoms with E-state index in [-0.39, 0.29) is 5.41 Å². The third kappa shape index (κ3) is 1.74. The molecule has 0 bridgehead atoms. The van der Waals surface area contributed by atoms with Gasteiger partial charge in [-0.1, -0.05) is 81.5 Å². The average Bonchev–Trinajstić information content (AvgIpc) is 2.58. The zero-order chi connectivity index (χ0) is 16.5. The molecule has 0 amide bonds. The summed E-state index contributed by atoms with van der Waals surface area (Å²) in [6.45, 7) is 6.94. The van der Waals surface area contributed by atoms with Gasteiger partial charge in [-0.25, -0.2) is 0 Å². The van der Waals surface area contributed by atoms with Crippen LogP contribution in [0.1, 0.15) is 49.8 Å². The lowest BCUT2D eigenvalue weighted by atomic mass is 9.69. The van der Waals surface area contributed by atoms with Crippen LogP contribution in [0.25, 0.3) is 16.3 Å². The normalized spacial score (nSPS) is 21.1. The molecule has 3 aliphatic carbocycles. The zero-order valence-corrected chi connectivity index (χ0v) is 14.6. The first kappa shape index (κ1) is 14.0. The number of hydrogen-bond donors (Lipinski definition) is 0. The first-order valence-corrected chi connectivity index (χ1v) is 8.90. The molecule has 3 aliphatic rings. The molecule has 1 atom stereocenters. The molecular formula is C24H22. The van der Waals surface area contributed by atoms with Gasteiger partial charge in [0.2, 0.25) is 0 Å². The molecule has 0 radical (unpaired) electrons. The molecule has 24 heavy (non-hydrogen) atoms. The van der Waals surface area contributed by atoms with E-state index in [0.29, 0.717) is 5.92 Å². The van der Waals surface area contributed by atoms with Crippen molar-refractivity contribution in [2.45, 2.75) is 38.5 Å². The van der Waals surface area contributed by atoms with Crippen molar-refractivity contribution in [1.29, 1.82) is 0 Å². The van der Waals surface area contributed by atoms with Crippen LogP contribution in [0, 0.1) is 0 Å². The van der Waals surface area contributed by atoms with Crippen molar-refractivity contribution in [1.82, 2.24) is 0 Å². The fraction of sp³-hybridized carbons (Fsp3) is 0.250. The van der Waals surface area contributed by atoms with Gasteiger partial charge in [0, 0.05) is 5.92 Å². The minimum Gasteiger partial charge on any atom is -0.0795 e. The van der Waals surface area contributed by atoms with Crippen LogP contribution in [0.2, 0.25) is 0 Å². The van der Waals surface area contributed by atoms with E-state index in [1.165, 1.54) is 44.2 Å². The number of hydrogen-bond acceptors (Lipinski definition) is 0. The molecule has 0 aromatic heterocycles. The second-order valence-corrected chi connectivity index (χ2v) is 8.17. The average molecular weight is 310 g/mol. The maximum atomic E-state index is 2.38. The molecule has 0 heterocycles. The van der Waals surface area contributed by atoms with E-state index in [1.807, 2.05) is 0 Å². The molecule has 2 aromatic carbocycles. The summed E-state index contributed by atoms with van der Waals surface area (Å²) in [5.41, 5.74) is 8.95. The second-order valence-electron chi connectivity index (χ2n) is 8.17. The van der Waals surface area contributed by atoms with Crippen LogP contribution < -0.4 is 0 Å². The minimum absolute atomic E-state index is 0.154. The van der Waals surface area contributed by atoms with Crippen LogP contribution in [-0.2, 0) is 5.41 Å². The first-order chi connectivity index (χ1) is 11.6. The Hall–Kier alpha value is -2.34. The van der Waals surface area contributed by atoms with Crippen LogP contribution in [-0.4, -0.2) is 0 Å². The Balaban J connectivity index is 1.93. The van der Waals surface area contributed by atoms with E-state index >= 15 is 0 Å². The molecule has 0 saturated carbocycles. The third-order valence-corrected chi connectivity index (χ3v) is 5.68. The molecule has 0 aliphatic heterocycles. The molecular weight excluding hydrogens is 288 g/mol. The predicted octanol–water partition coefficient (Wildman–Crippen LogP) is 6.44. The monoisotopic (exact) mass is 310 g/mol. The summed E-state index contributed by atoms with van der Waals surface area (Å²) in [5.74, 6) is 0.413. The minimum atomic E-state index is 0.154. The van der Waals surface area contributed by atoms with Crippen LogP contribution in [0.3, 0.4) is 0 Å². The summed E-state index contributed by atoms with van der Waals surface area (Å²) in [4.78, 5) is 0. The largest absolute Gasteiger partial charge is 0.0795 e. The Morgan fingerprint density at radius 2 is 1.92 bits per heavy atom. The zero-order valence-electron chi connectivity index (χ0n) is 14.6. The quantitative estimate of drug-likeness (QED) is 0.525. The van der Waals surface area contributed by atoms with Gasteiger partial charge in [-0.15, -0.1) is 0 Å². The third-order valence-electron chi connectivity index (χ3n) is 5.68. The SMILES string of the molecule is CC(C)(C)c1ccc2c3c(cccc13)C1=C3C(=CC=CC32)CC=C1. The molecule has 2 aromatic rings. The van der Waals surface area contributed by atoms with Crippen molar-refractivity contribution in [2.24, 2.45) is 0 Å². The molecule has 0 heteroatoms. The Kier molecular flexibility index (Phi) is 2.69. The highest BCUT2D eigenvalue weighted by molar-refractivity contribution is 6.05. The van der Waals surface area contributed by atoms with Gasteiger partial charge in [0.05, 0.1) is 0 Å². The molecule has 0 N–H and O–H groups in total. The van der Waals surface area contributed by atoms with Gasteiger partial charge in [-0.05, 0) is 56.0 Å². The van der Waals surface area contributed by atoms with Gasteiger partial charge < -0.3 is 0 Å². The Bertz CT molecular complexity index is 1000. The van der Waals surface area contributed by atoms with Crippen molar-refractivity contribution < 1.29 is 0 Å². The summed E-state index contributed by atoms with van der Waals surface area (Å²) in [7, 11) is 0. The highest BCUT2D eigenvalue weighted by Crippen LogP contribution is 2.51. The maximum Gasteiger partial charge on any atom is 0.0287 e. The van der Waals surface area contributed by atoms with Gasteiger partial charge in [0.15, 0.2) is 0 Å². The second kappa shape index (κ2) is 4.60. The van der Waals surface area contributed by atoms with Crippen molar-refractivity contribution in [3.8, 4) is 0 Å². The number of rotatable bonds is 0. The van der Waals surface area contributed by atoms with Gasteiger partial charge in [-0.3, -0.25) is 0 Å². The van der Waals surface area contributed by atoms with Crippen LogP contribution in [0.5, 0.6) is 0 Å². The Labute approximate surface area is 143 Å². The topological polar surface area (TPSA) is 0 Å². The molecule has 5 rings (SSSR count). The summed E-state index contributed by atoms with van der Waals surface area (Å²) in [5, 5.41) is 2.89. The number of fused-ring (bicyclic) bond motifs is 2. The maximum absolute atomic E-state index is 2.38. The van der Waals surface area contributed by atoms with Crippen LogP contribution in [0.4, 0.5) is 0 Å². The van der Waals surface area contributed by atoms with Gasteiger partial charge in [-0.2, -0.15) is 0 Å². The van der Waals surface area contributed by atoms with Crippen molar-refractivity contribution in [2.75, 3.05) is 0 Å². The summed E-state index contributed by atoms with van der Waals surface area (Å²) >= 11 is 0. The van der Waals surface area contributed by atoms with Gasteiger partial charge in [0.25, 0.3) is 0 Å². The van der Waals surface area contributed by atoms with Crippen molar-refractivity contribution >= 4 is 16.3 Å². The first-order valence-electron chi connectivity index (χ1n) is 8.90. The Morgan fingerprint density at radius 3 is 2.75 bits per heavy atom. The highest BCUT2D eigenvalue weighted by atomic mass is 14.4. The fourth-order valence-corrected chi connectivity index (χ4v) is 4.65. The molecule has 0 nitrogen and oxygen atoms in total. The molecule has 118 valence electrons. The van der Waals surface area contributed by atoms with Gasteiger partial charge in [0.1, 0.15) is 0 Å². The van der Waals surface area contributed by atoms with E-state index in [1.54, 1.807) is 0 Å². The summed E-state index contributed by atoms with van der Waals surface area (Å²) in [6.07, 6.45) is 12.6. The molecule has 0 fully saturated rings. The lowest BCUT2D eigenvalue weighted by Crippen LogP contribution is -2.17. The van der Waals surface area contributed by atoms with Gasteiger partial charge >= 0.3 is 0 Å². The standard InChI is InChI=1S/C24H22/c1-24(2,3)21-14-13-19-17-10-5-8-15-7-4-9-16(22(15)17)18-11-6-12-20(21)23(18)19/h4-6,8-14,17H,7H2,1-3H3. The smallest absolute Gasteiger partial charge is 0.0287 e. The van der Waals surface area contributed by atoms with E-state index in [4.69, 9.17) is 0 Å². The van der Waals surface area contributed by atoms with Crippen LogP contribution in [0.15, 0.2) is 71.9 Å². The lowest BCUT2D eigenvalue weighted by Gasteiger charge is -2.35. The summed E-state index contributed by atoms with van der Waals surface area (Å²) in [6, 6.07) is 11.6. The molecule has 0 saturated heterocycles. The highest BCUT2D eigenvalue weighted by Gasteiger charge is 2.32. The number of allylic oxidation sites excluding steroid dienone is 8. The van der Waals surface area contributed by atoms with E-state index in [9.17, 15) is 0 Å². The molecule has 0 spiro atoms. The van der Waals surface area contributed by atoms with E-state index < -0.39 is 0 Å². The Morgan fingerprint density at radius 1 is 1.04 bits per heavy atom.